The second-order valence-electron chi connectivity index (χ2n) is 6.35. The first-order chi connectivity index (χ1) is 13.9. The number of hydrogen-bond acceptors (Lipinski definition) is 6. The minimum absolute atomic E-state index is 0.126. The Morgan fingerprint density at radius 3 is 2.62 bits per heavy atom. The number of nitrogens with zero attached hydrogens (tertiary/aromatic N) is 2. The van der Waals surface area contributed by atoms with Crippen molar-refractivity contribution in [3.8, 4) is 11.5 Å². The second kappa shape index (κ2) is 8.46. The molecule has 1 heterocycles. The van der Waals surface area contributed by atoms with Crippen LogP contribution in [-0.2, 0) is 4.79 Å². The van der Waals surface area contributed by atoms with Crippen molar-refractivity contribution in [2.24, 2.45) is 0 Å². The quantitative estimate of drug-likeness (QED) is 0.567. The van der Waals surface area contributed by atoms with Crippen LogP contribution in [0.4, 0.5) is 21.9 Å². The number of benzene rings is 2. The second-order valence-corrected chi connectivity index (χ2v) is 6.35. The van der Waals surface area contributed by atoms with Crippen LogP contribution < -0.4 is 25.0 Å². The van der Waals surface area contributed by atoms with Crippen LogP contribution in [0.1, 0.15) is 6.42 Å². The fourth-order valence-corrected chi connectivity index (χ4v) is 3.10. The number of non-ortho nitro benzene ring substituents is 1. The maximum absolute atomic E-state index is 12.4. The topological polar surface area (TPSA) is 123 Å². The Morgan fingerprint density at radius 1 is 1.17 bits per heavy atom. The number of rotatable bonds is 6. The van der Waals surface area contributed by atoms with Crippen molar-refractivity contribution < 1.29 is 24.0 Å². The fourth-order valence-electron chi connectivity index (χ4n) is 3.10. The molecule has 0 bridgehead atoms. The maximum atomic E-state index is 12.4. The molecule has 10 nitrogen and oxygen atoms in total. The van der Waals surface area contributed by atoms with Crippen LogP contribution in [0.15, 0.2) is 42.5 Å². The zero-order valence-corrected chi connectivity index (χ0v) is 15.9. The molecule has 0 radical (unpaired) electrons. The molecule has 152 valence electrons. The van der Waals surface area contributed by atoms with Crippen LogP contribution in [0, 0.1) is 10.1 Å². The normalized spacial score (nSPS) is 15.7. The lowest BCUT2D eigenvalue weighted by molar-refractivity contribution is -0.384. The van der Waals surface area contributed by atoms with Crippen LogP contribution in [-0.4, -0.2) is 43.7 Å². The predicted octanol–water partition coefficient (Wildman–Crippen LogP) is 2.54. The molecule has 29 heavy (non-hydrogen) atoms. The van der Waals surface area contributed by atoms with E-state index in [1.54, 1.807) is 29.2 Å². The molecule has 0 spiro atoms. The number of hydrogen-bond donors (Lipinski definition) is 2. The molecule has 1 aliphatic rings. The van der Waals surface area contributed by atoms with Gasteiger partial charge < -0.3 is 25.0 Å². The lowest BCUT2D eigenvalue weighted by atomic mass is 10.2. The zero-order valence-electron chi connectivity index (χ0n) is 15.9. The highest BCUT2D eigenvalue weighted by Crippen LogP contribution is 2.33. The van der Waals surface area contributed by atoms with E-state index in [9.17, 15) is 19.7 Å². The molecule has 1 fully saturated rings. The highest BCUT2D eigenvalue weighted by Gasteiger charge is 2.32. The molecule has 0 aromatic heterocycles. The summed E-state index contributed by atoms with van der Waals surface area (Å²) in [5.41, 5.74) is 0.798. The average Bonchev–Trinajstić information content (AvgIpc) is 3.07. The average molecular weight is 400 g/mol. The number of carbonyl (C=O) groups is 2. The minimum atomic E-state index is -0.544. The monoisotopic (exact) mass is 400 g/mol. The largest absolute Gasteiger partial charge is 0.493 e. The lowest BCUT2D eigenvalue weighted by Crippen LogP contribution is -2.39. The predicted molar refractivity (Wildman–Crippen MR) is 106 cm³/mol. The summed E-state index contributed by atoms with van der Waals surface area (Å²) in [7, 11) is 3.04. The van der Waals surface area contributed by atoms with Crippen LogP contribution >= 0.6 is 0 Å². The molecule has 1 aliphatic heterocycles. The van der Waals surface area contributed by atoms with Gasteiger partial charge in [-0.05, 0) is 18.2 Å². The highest BCUT2D eigenvalue weighted by atomic mass is 16.6. The summed E-state index contributed by atoms with van der Waals surface area (Å²) >= 11 is 0. The number of carbonyl (C=O) groups excluding carboxylic acids is 2. The molecule has 0 aliphatic carbocycles. The molecule has 3 rings (SSSR count). The Kier molecular flexibility index (Phi) is 5.82. The van der Waals surface area contributed by atoms with Gasteiger partial charge in [-0.3, -0.25) is 14.9 Å². The van der Waals surface area contributed by atoms with Gasteiger partial charge in [-0.1, -0.05) is 6.07 Å². The van der Waals surface area contributed by atoms with Crippen LogP contribution in [0.25, 0.3) is 0 Å². The first kappa shape index (κ1) is 19.9. The standard InChI is InChI=1S/C19H20N4O6/c1-28-16-7-6-14(10-17(16)29-2)22-11-13(9-18(22)24)21-19(25)20-12-4-3-5-15(8-12)23(26)27/h3-8,10,13H,9,11H2,1-2H3,(H2,20,21,25). The van der Waals surface area contributed by atoms with Gasteiger partial charge in [-0.2, -0.15) is 0 Å². The van der Waals surface area contributed by atoms with Crippen molar-refractivity contribution in [3.05, 3.63) is 52.6 Å². The molecule has 0 saturated carbocycles. The van der Waals surface area contributed by atoms with Gasteiger partial charge in [0.1, 0.15) is 0 Å². The van der Waals surface area contributed by atoms with E-state index in [4.69, 9.17) is 9.47 Å². The third-order valence-corrected chi connectivity index (χ3v) is 4.45. The maximum Gasteiger partial charge on any atom is 0.319 e. The number of nitrogens with one attached hydrogen (secondary N) is 2. The van der Waals surface area contributed by atoms with Gasteiger partial charge in [0.05, 0.1) is 25.2 Å². The van der Waals surface area contributed by atoms with E-state index >= 15 is 0 Å². The third-order valence-electron chi connectivity index (χ3n) is 4.45. The fraction of sp³-hybridized carbons (Fsp3) is 0.263. The molecule has 2 aromatic carbocycles. The van der Waals surface area contributed by atoms with Crippen molar-refractivity contribution in [2.75, 3.05) is 31.0 Å². The third kappa shape index (κ3) is 4.54. The Labute approximate surface area is 166 Å². The number of nitro groups is 1. The van der Waals surface area contributed by atoms with E-state index < -0.39 is 17.0 Å². The molecule has 2 aromatic rings. The molecule has 1 unspecified atom stereocenters. The van der Waals surface area contributed by atoms with E-state index in [-0.39, 0.29) is 30.2 Å². The van der Waals surface area contributed by atoms with Gasteiger partial charge in [-0.15, -0.1) is 0 Å². The summed E-state index contributed by atoms with van der Waals surface area (Å²) in [6, 6.07) is 9.81. The minimum Gasteiger partial charge on any atom is -0.493 e. The van der Waals surface area contributed by atoms with E-state index in [1.165, 1.54) is 32.4 Å². The summed E-state index contributed by atoms with van der Waals surface area (Å²) in [6.07, 6.45) is 0.136. The van der Waals surface area contributed by atoms with Crippen LogP contribution in [0.5, 0.6) is 11.5 Å². The Bertz CT molecular complexity index is 948. The van der Waals surface area contributed by atoms with Crippen molar-refractivity contribution in [2.45, 2.75) is 12.5 Å². The molecule has 10 heteroatoms. The van der Waals surface area contributed by atoms with Crippen LogP contribution in [0.3, 0.4) is 0 Å². The molecular formula is C19H20N4O6. The number of methoxy groups -OCH3 is 2. The number of amides is 3. The van der Waals surface area contributed by atoms with Gasteiger partial charge >= 0.3 is 6.03 Å². The molecule has 1 atom stereocenters. The highest BCUT2D eigenvalue weighted by molar-refractivity contribution is 5.98. The summed E-state index contributed by atoms with van der Waals surface area (Å²) in [4.78, 5) is 36.5. The SMILES string of the molecule is COc1ccc(N2CC(NC(=O)Nc3cccc([N+](=O)[O-])c3)CC2=O)cc1OC. The Balaban J connectivity index is 1.64. The number of urea groups is 1. The van der Waals surface area contributed by atoms with Crippen molar-refractivity contribution in [1.82, 2.24) is 5.32 Å². The molecule has 2 N–H and O–H groups in total. The Hall–Kier alpha value is -3.82. The van der Waals surface area contributed by atoms with Crippen molar-refractivity contribution in [3.63, 3.8) is 0 Å². The molecular weight excluding hydrogens is 380 g/mol. The van der Waals surface area contributed by atoms with E-state index in [1.807, 2.05) is 0 Å². The summed E-state index contributed by atoms with van der Waals surface area (Å²) in [5.74, 6) is 0.907. The number of ether oxygens (including phenoxy) is 2. The van der Waals surface area contributed by atoms with Gasteiger partial charge in [0.25, 0.3) is 5.69 Å². The first-order valence-electron chi connectivity index (χ1n) is 8.75. The summed E-state index contributed by atoms with van der Waals surface area (Å²) in [5, 5.41) is 16.1. The van der Waals surface area contributed by atoms with Gasteiger partial charge in [0.15, 0.2) is 11.5 Å². The zero-order chi connectivity index (χ0) is 21.0. The first-order valence-corrected chi connectivity index (χ1v) is 8.75. The van der Waals surface area contributed by atoms with E-state index in [2.05, 4.69) is 10.6 Å². The van der Waals surface area contributed by atoms with Gasteiger partial charge in [-0.25, -0.2) is 4.79 Å². The number of anilines is 2. The summed E-state index contributed by atoms with van der Waals surface area (Å²) in [6.45, 7) is 0.288. The van der Waals surface area contributed by atoms with Crippen molar-refractivity contribution in [1.29, 1.82) is 0 Å². The molecule has 1 saturated heterocycles. The van der Waals surface area contributed by atoms with E-state index in [0.717, 1.165) is 0 Å². The smallest absolute Gasteiger partial charge is 0.319 e. The number of nitro benzene ring substituents is 1. The summed E-state index contributed by atoms with van der Waals surface area (Å²) < 4.78 is 10.5. The van der Waals surface area contributed by atoms with Gasteiger partial charge in [0.2, 0.25) is 5.91 Å². The molecule has 3 amide bonds. The van der Waals surface area contributed by atoms with Crippen molar-refractivity contribution >= 4 is 29.0 Å². The van der Waals surface area contributed by atoms with Crippen LogP contribution in [0.2, 0.25) is 0 Å². The van der Waals surface area contributed by atoms with E-state index in [0.29, 0.717) is 17.2 Å². The lowest BCUT2D eigenvalue weighted by Gasteiger charge is -2.19. The van der Waals surface area contributed by atoms with Gasteiger partial charge in [0, 0.05) is 42.5 Å². The Morgan fingerprint density at radius 2 is 1.93 bits per heavy atom.